The maximum absolute atomic E-state index is 2.28. The Morgan fingerprint density at radius 2 is 2.27 bits per heavy atom. The fraction of sp³-hybridized carbons (Fsp3) is 0.200. The molecule has 0 heterocycles. The predicted molar refractivity (Wildman–Crippen MR) is 51.0 cm³/mol. The largest absolute Gasteiger partial charge is 0.130 e. The summed E-state index contributed by atoms with van der Waals surface area (Å²) >= 11 is 1.81. The maximum Gasteiger partial charge on any atom is 0.00724 e. The number of allylic oxidation sites excluding steroid dienone is 1. The lowest BCUT2D eigenvalue weighted by Gasteiger charge is -2.00. The van der Waals surface area contributed by atoms with E-state index in [0.717, 1.165) is 6.42 Å². The molecule has 11 heavy (non-hydrogen) atoms. The first-order valence-corrected chi connectivity index (χ1v) is 4.96. The van der Waals surface area contributed by atoms with Gasteiger partial charge < -0.3 is 0 Å². The van der Waals surface area contributed by atoms with E-state index in [-0.39, 0.29) is 0 Å². The van der Waals surface area contributed by atoms with E-state index in [1.807, 2.05) is 11.8 Å². The molecule has 0 radical (unpaired) electrons. The Morgan fingerprint density at radius 1 is 1.36 bits per heavy atom. The van der Waals surface area contributed by atoms with Crippen molar-refractivity contribution in [1.29, 1.82) is 0 Å². The van der Waals surface area contributed by atoms with E-state index in [1.165, 1.54) is 16.0 Å². The molecule has 0 unspecified atom stereocenters. The lowest BCUT2D eigenvalue weighted by molar-refractivity contribution is 1.26. The minimum Gasteiger partial charge on any atom is -0.130 e. The quantitative estimate of drug-likeness (QED) is 0.572. The number of fused-ring (bicyclic) bond motifs is 1. The number of rotatable bonds is 1. The average molecular weight is 162 g/mol. The molecule has 2 rings (SSSR count). The second-order valence-electron chi connectivity index (χ2n) is 2.67. The number of thioether (sulfide) groups is 1. The van der Waals surface area contributed by atoms with Crippen LogP contribution >= 0.6 is 11.8 Å². The van der Waals surface area contributed by atoms with Crippen LogP contribution in [0.15, 0.2) is 29.2 Å². The second-order valence-corrected chi connectivity index (χ2v) is 3.55. The molecule has 0 N–H and O–H groups in total. The number of benzene rings is 1. The minimum atomic E-state index is 1.11. The molecule has 1 aromatic carbocycles. The van der Waals surface area contributed by atoms with Crippen molar-refractivity contribution in [3.8, 4) is 0 Å². The van der Waals surface area contributed by atoms with Crippen molar-refractivity contribution in [2.75, 3.05) is 6.26 Å². The van der Waals surface area contributed by atoms with Gasteiger partial charge in [0.25, 0.3) is 0 Å². The molecule has 0 bridgehead atoms. The molecule has 1 aromatic rings. The SMILES string of the molecule is CSc1ccc2c(c1)CC=C2. The van der Waals surface area contributed by atoms with Crippen LogP contribution in [0.3, 0.4) is 0 Å². The predicted octanol–water partition coefficient (Wildman–Crippen LogP) is 2.98. The third-order valence-corrected chi connectivity index (χ3v) is 2.71. The van der Waals surface area contributed by atoms with Crippen LogP contribution in [0.4, 0.5) is 0 Å². The molecule has 1 aliphatic rings. The summed E-state index contributed by atoms with van der Waals surface area (Å²) < 4.78 is 0. The minimum absolute atomic E-state index is 1.11. The first kappa shape index (κ1) is 6.99. The van der Waals surface area contributed by atoms with Crippen LogP contribution in [0.5, 0.6) is 0 Å². The molecule has 0 amide bonds. The van der Waals surface area contributed by atoms with Gasteiger partial charge in [0.1, 0.15) is 0 Å². The molecule has 0 spiro atoms. The lowest BCUT2D eigenvalue weighted by atomic mass is 10.1. The van der Waals surface area contributed by atoms with Gasteiger partial charge in [0.15, 0.2) is 0 Å². The van der Waals surface area contributed by atoms with Gasteiger partial charge in [-0.3, -0.25) is 0 Å². The molecular formula is C10H10S. The van der Waals surface area contributed by atoms with E-state index < -0.39 is 0 Å². The van der Waals surface area contributed by atoms with Crippen molar-refractivity contribution in [2.24, 2.45) is 0 Å². The Labute approximate surface area is 71.3 Å². The first-order chi connectivity index (χ1) is 5.40. The van der Waals surface area contributed by atoms with Gasteiger partial charge in [-0.15, -0.1) is 11.8 Å². The summed E-state index contributed by atoms with van der Waals surface area (Å²) in [6, 6.07) is 6.66. The van der Waals surface area contributed by atoms with Gasteiger partial charge in [-0.2, -0.15) is 0 Å². The summed E-state index contributed by atoms with van der Waals surface area (Å²) in [6.45, 7) is 0. The van der Waals surface area contributed by atoms with Gasteiger partial charge in [0, 0.05) is 4.90 Å². The Hall–Kier alpha value is -0.690. The highest BCUT2D eigenvalue weighted by molar-refractivity contribution is 7.98. The van der Waals surface area contributed by atoms with Gasteiger partial charge in [-0.05, 0) is 35.9 Å². The fourth-order valence-corrected chi connectivity index (χ4v) is 1.83. The van der Waals surface area contributed by atoms with Gasteiger partial charge >= 0.3 is 0 Å². The van der Waals surface area contributed by atoms with Crippen LogP contribution in [-0.4, -0.2) is 6.26 Å². The highest BCUT2D eigenvalue weighted by Crippen LogP contribution is 2.24. The van der Waals surface area contributed by atoms with Crippen LogP contribution in [0.25, 0.3) is 6.08 Å². The highest BCUT2D eigenvalue weighted by atomic mass is 32.2. The van der Waals surface area contributed by atoms with E-state index >= 15 is 0 Å². The Kier molecular flexibility index (Phi) is 1.74. The summed E-state index contributed by atoms with van der Waals surface area (Å²) in [5.41, 5.74) is 2.86. The summed E-state index contributed by atoms with van der Waals surface area (Å²) in [7, 11) is 0. The van der Waals surface area contributed by atoms with E-state index in [4.69, 9.17) is 0 Å². The zero-order valence-electron chi connectivity index (χ0n) is 6.50. The van der Waals surface area contributed by atoms with Gasteiger partial charge in [0.05, 0.1) is 0 Å². The number of hydrogen-bond donors (Lipinski definition) is 0. The molecule has 0 nitrogen and oxygen atoms in total. The maximum atomic E-state index is 2.28. The molecule has 0 saturated heterocycles. The van der Waals surface area contributed by atoms with Crippen molar-refractivity contribution in [2.45, 2.75) is 11.3 Å². The average Bonchev–Trinajstić information content (AvgIpc) is 2.50. The van der Waals surface area contributed by atoms with E-state index in [1.54, 1.807) is 0 Å². The Bertz CT molecular complexity index is 300. The normalized spacial score (nSPS) is 13.5. The molecule has 0 saturated carbocycles. The topological polar surface area (TPSA) is 0 Å². The van der Waals surface area contributed by atoms with E-state index in [9.17, 15) is 0 Å². The van der Waals surface area contributed by atoms with E-state index in [0.29, 0.717) is 0 Å². The monoisotopic (exact) mass is 162 g/mol. The lowest BCUT2D eigenvalue weighted by Crippen LogP contribution is -1.81. The zero-order chi connectivity index (χ0) is 7.68. The fourth-order valence-electron chi connectivity index (χ4n) is 1.36. The summed E-state index contributed by atoms with van der Waals surface area (Å²) in [5.74, 6) is 0. The third-order valence-electron chi connectivity index (χ3n) is 1.99. The van der Waals surface area contributed by atoms with Gasteiger partial charge in [-0.25, -0.2) is 0 Å². The Morgan fingerprint density at radius 3 is 3.09 bits per heavy atom. The zero-order valence-corrected chi connectivity index (χ0v) is 7.32. The third kappa shape index (κ3) is 1.21. The molecule has 1 aliphatic carbocycles. The first-order valence-electron chi connectivity index (χ1n) is 3.73. The standard InChI is InChI=1S/C10H10S/c1-11-10-6-5-8-3-2-4-9(8)7-10/h2-3,5-7H,4H2,1H3. The van der Waals surface area contributed by atoms with Crippen molar-refractivity contribution >= 4 is 17.8 Å². The van der Waals surface area contributed by atoms with Gasteiger partial charge in [0.2, 0.25) is 0 Å². The summed E-state index contributed by atoms with van der Waals surface area (Å²) in [6.07, 6.45) is 7.64. The van der Waals surface area contributed by atoms with Crippen LogP contribution in [-0.2, 0) is 6.42 Å². The molecule has 0 aliphatic heterocycles. The van der Waals surface area contributed by atoms with Crippen molar-refractivity contribution in [1.82, 2.24) is 0 Å². The molecular weight excluding hydrogens is 152 g/mol. The smallest absolute Gasteiger partial charge is 0.00724 e. The Balaban J connectivity index is 2.45. The van der Waals surface area contributed by atoms with Crippen molar-refractivity contribution in [3.63, 3.8) is 0 Å². The van der Waals surface area contributed by atoms with Crippen LogP contribution in [0.1, 0.15) is 11.1 Å². The second kappa shape index (κ2) is 2.74. The summed E-state index contributed by atoms with van der Waals surface area (Å²) in [5, 5.41) is 0. The number of hydrogen-bond acceptors (Lipinski definition) is 1. The van der Waals surface area contributed by atoms with Crippen LogP contribution in [0.2, 0.25) is 0 Å². The van der Waals surface area contributed by atoms with E-state index in [2.05, 4.69) is 36.6 Å². The summed E-state index contributed by atoms with van der Waals surface area (Å²) in [4.78, 5) is 1.37. The van der Waals surface area contributed by atoms with Crippen LogP contribution < -0.4 is 0 Å². The molecule has 0 fully saturated rings. The van der Waals surface area contributed by atoms with Gasteiger partial charge in [-0.1, -0.05) is 18.2 Å². The van der Waals surface area contributed by atoms with Crippen LogP contribution in [0, 0.1) is 0 Å². The van der Waals surface area contributed by atoms with Crippen molar-refractivity contribution < 1.29 is 0 Å². The molecule has 0 atom stereocenters. The molecule has 56 valence electrons. The highest BCUT2D eigenvalue weighted by Gasteiger charge is 2.03. The molecule has 1 heteroatoms. The molecule has 0 aromatic heterocycles. The van der Waals surface area contributed by atoms with Crippen molar-refractivity contribution in [3.05, 3.63) is 35.4 Å².